The Hall–Kier alpha value is -3.04. The average molecular weight is 506 g/mol. The molecule has 5 rings (SSSR count). The van der Waals surface area contributed by atoms with Gasteiger partial charge in [0.2, 0.25) is 11.9 Å². The first-order valence-electron chi connectivity index (χ1n) is 13.5. The third kappa shape index (κ3) is 5.48. The number of nitrogens with two attached hydrogens (primary N) is 1. The Morgan fingerprint density at radius 1 is 0.919 bits per heavy atom. The molecule has 3 saturated heterocycles. The van der Waals surface area contributed by atoms with Crippen LogP contribution >= 0.6 is 0 Å². The molecule has 1 aromatic carbocycles. The van der Waals surface area contributed by atoms with Crippen LogP contribution < -0.4 is 10.6 Å². The van der Waals surface area contributed by atoms with Crippen LogP contribution in [0.5, 0.6) is 0 Å². The second-order valence-corrected chi connectivity index (χ2v) is 10.9. The molecule has 9 nitrogen and oxygen atoms in total. The fourth-order valence-electron chi connectivity index (χ4n) is 6.16. The van der Waals surface area contributed by atoms with Crippen LogP contribution in [0.2, 0.25) is 0 Å². The summed E-state index contributed by atoms with van der Waals surface area (Å²) in [5.74, 6) is 1.82. The highest BCUT2D eigenvalue weighted by molar-refractivity contribution is 5.96. The maximum atomic E-state index is 13.5. The molecule has 3 fully saturated rings. The van der Waals surface area contributed by atoms with Gasteiger partial charge in [-0.3, -0.25) is 9.59 Å². The Kier molecular flexibility index (Phi) is 7.44. The summed E-state index contributed by atoms with van der Waals surface area (Å²) in [6.07, 6.45) is 0.942. The molecule has 3 aliphatic heterocycles. The number of fused-ring (bicyclic) bond motifs is 1. The number of benzene rings is 1. The molecule has 37 heavy (non-hydrogen) atoms. The first-order chi connectivity index (χ1) is 17.8. The minimum atomic E-state index is 0.0509. The lowest BCUT2D eigenvalue weighted by Crippen LogP contribution is -2.48. The minimum Gasteiger partial charge on any atom is -0.339 e. The molecular weight excluding hydrogens is 466 g/mol. The smallest absolute Gasteiger partial charge is 0.257 e. The Labute approximate surface area is 219 Å². The van der Waals surface area contributed by atoms with Crippen molar-refractivity contribution in [1.29, 1.82) is 0 Å². The number of anilines is 1. The number of hydrogen-bond acceptors (Lipinski definition) is 7. The largest absolute Gasteiger partial charge is 0.339 e. The normalized spacial score (nSPS) is 22.9. The van der Waals surface area contributed by atoms with Gasteiger partial charge in [0.1, 0.15) is 0 Å². The van der Waals surface area contributed by atoms with Crippen molar-refractivity contribution in [3.63, 3.8) is 0 Å². The van der Waals surface area contributed by atoms with E-state index in [1.165, 1.54) is 5.56 Å². The van der Waals surface area contributed by atoms with Gasteiger partial charge >= 0.3 is 0 Å². The Bertz CT molecular complexity index is 1100. The van der Waals surface area contributed by atoms with Crippen molar-refractivity contribution in [2.24, 2.45) is 17.6 Å². The number of aromatic nitrogens is 2. The fourth-order valence-corrected chi connectivity index (χ4v) is 6.16. The van der Waals surface area contributed by atoms with Gasteiger partial charge < -0.3 is 25.3 Å². The van der Waals surface area contributed by atoms with Crippen LogP contribution in [-0.4, -0.2) is 95.4 Å². The van der Waals surface area contributed by atoms with Crippen LogP contribution in [0.4, 0.5) is 5.95 Å². The summed E-state index contributed by atoms with van der Waals surface area (Å²) >= 11 is 0. The van der Waals surface area contributed by atoms with E-state index in [0.29, 0.717) is 49.5 Å². The number of likely N-dealkylation sites (tertiary alicyclic amines) is 2. The SMILES string of the molecule is CC(=O)N1CCN(c2nc(C)c(C(=O)N3CC4CN(CCC(N)c5ccccc5)CC4C3)c(C)n2)CC1. The van der Waals surface area contributed by atoms with Crippen LogP contribution in [-0.2, 0) is 4.79 Å². The van der Waals surface area contributed by atoms with Crippen LogP contribution in [0.3, 0.4) is 0 Å². The Morgan fingerprint density at radius 2 is 1.51 bits per heavy atom. The first kappa shape index (κ1) is 25.6. The third-order valence-corrected chi connectivity index (χ3v) is 8.31. The maximum Gasteiger partial charge on any atom is 0.257 e. The second kappa shape index (κ2) is 10.8. The summed E-state index contributed by atoms with van der Waals surface area (Å²) in [6.45, 7) is 12.8. The third-order valence-electron chi connectivity index (χ3n) is 8.31. The summed E-state index contributed by atoms with van der Waals surface area (Å²) in [7, 11) is 0. The Morgan fingerprint density at radius 3 is 2.08 bits per heavy atom. The van der Waals surface area contributed by atoms with Crippen molar-refractivity contribution in [3.05, 3.63) is 52.8 Å². The zero-order valence-electron chi connectivity index (χ0n) is 22.3. The number of hydrogen-bond donors (Lipinski definition) is 1. The summed E-state index contributed by atoms with van der Waals surface area (Å²) in [4.78, 5) is 43.1. The van der Waals surface area contributed by atoms with E-state index in [4.69, 9.17) is 15.7 Å². The van der Waals surface area contributed by atoms with Gasteiger partial charge in [0.05, 0.1) is 17.0 Å². The fraction of sp³-hybridized carbons (Fsp3) is 0.571. The molecule has 2 N–H and O–H groups in total. The molecule has 2 amide bonds. The van der Waals surface area contributed by atoms with E-state index in [2.05, 4.69) is 21.9 Å². The van der Waals surface area contributed by atoms with E-state index in [-0.39, 0.29) is 17.9 Å². The summed E-state index contributed by atoms with van der Waals surface area (Å²) < 4.78 is 0. The number of carbonyl (C=O) groups excluding carboxylic acids is 2. The number of piperazine rings is 1. The van der Waals surface area contributed by atoms with E-state index < -0.39 is 0 Å². The molecule has 0 bridgehead atoms. The van der Waals surface area contributed by atoms with Gasteiger partial charge in [0.15, 0.2) is 0 Å². The molecule has 198 valence electrons. The lowest BCUT2D eigenvalue weighted by molar-refractivity contribution is -0.129. The van der Waals surface area contributed by atoms with Crippen molar-refractivity contribution in [3.8, 4) is 0 Å². The monoisotopic (exact) mass is 505 g/mol. The van der Waals surface area contributed by atoms with Crippen LogP contribution in [0, 0.1) is 25.7 Å². The topological polar surface area (TPSA) is 98.9 Å². The highest BCUT2D eigenvalue weighted by atomic mass is 16.2. The van der Waals surface area contributed by atoms with Gasteiger partial charge in [-0.15, -0.1) is 0 Å². The summed E-state index contributed by atoms with van der Waals surface area (Å²) in [5, 5.41) is 0. The molecule has 1 aromatic heterocycles. The highest BCUT2D eigenvalue weighted by Crippen LogP contribution is 2.33. The molecular formula is C28H39N7O2. The zero-order chi connectivity index (χ0) is 26.1. The molecule has 3 atom stereocenters. The van der Waals surface area contributed by atoms with Gasteiger partial charge in [-0.05, 0) is 44.2 Å². The first-order valence-corrected chi connectivity index (χ1v) is 13.5. The highest BCUT2D eigenvalue weighted by Gasteiger charge is 2.42. The van der Waals surface area contributed by atoms with Crippen molar-refractivity contribution >= 4 is 17.8 Å². The number of nitrogens with zero attached hydrogens (tertiary/aromatic N) is 6. The minimum absolute atomic E-state index is 0.0509. The molecule has 2 aromatic rings. The van der Waals surface area contributed by atoms with Gasteiger partial charge in [-0.2, -0.15) is 0 Å². The van der Waals surface area contributed by atoms with Crippen LogP contribution in [0.15, 0.2) is 30.3 Å². The summed E-state index contributed by atoms with van der Waals surface area (Å²) in [6, 6.07) is 10.4. The predicted molar refractivity (Wildman–Crippen MR) is 143 cm³/mol. The van der Waals surface area contributed by atoms with Crippen molar-refractivity contribution in [2.75, 3.05) is 63.8 Å². The number of rotatable bonds is 6. The number of carbonyl (C=O) groups is 2. The predicted octanol–water partition coefficient (Wildman–Crippen LogP) is 1.86. The van der Waals surface area contributed by atoms with Crippen LogP contribution in [0.25, 0.3) is 0 Å². The second-order valence-electron chi connectivity index (χ2n) is 10.9. The number of amides is 2. The van der Waals surface area contributed by atoms with Gasteiger partial charge in [-0.25, -0.2) is 9.97 Å². The molecule has 0 aliphatic carbocycles. The van der Waals surface area contributed by atoms with Gasteiger partial charge in [-0.1, -0.05) is 30.3 Å². The molecule has 4 heterocycles. The molecule has 0 spiro atoms. The Balaban J connectivity index is 1.16. The van der Waals surface area contributed by atoms with Crippen molar-refractivity contribution in [2.45, 2.75) is 33.2 Å². The van der Waals surface area contributed by atoms with E-state index in [1.54, 1.807) is 6.92 Å². The van der Waals surface area contributed by atoms with Crippen molar-refractivity contribution in [1.82, 2.24) is 24.7 Å². The average Bonchev–Trinajstić information content (AvgIpc) is 3.46. The van der Waals surface area contributed by atoms with E-state index in [9.17, 15) is 9.59 Å². The van der Waals surface area contributed by atoms with Crippen molar-refractivity contribution < 1.29 is 9.59 Å². The van der Waals surface area contributed by atoms with Gasteiger partial charge in [0, 0.05) is 65.3 Å². The van der Waals surface area contributed by atoms with E-state index >= 15 is 0 Å². The molecule has 3 unspecified atom stereocenters. The lowest BCUT2D eigenvalue weighted by Gasteiger charge is -2.34. The van der Waals surface area contributed by atoms with Gasteiger partial charge in [0.25, 0.3) is 5.91 Å². The molecule has 0 radical (unpaired) electrons. The number of aryl methyl sites for hydroxylation is 2. The lowest BCUT2D eigenvalue weighted by atomic mass is 10.0. The standard InChI is InChI=1S/C28H39N7O2/c1-19-26(20(2)31-28(30-19)34-13-11-33(12-14-34)21(3)36)27(37)35-17-23-15-32(16-24(23)18-35)10-9-25(29)22-7-5-4-6-8-22/h4-8,23-25H,9-18,29H2,1-3H3. The van der Waals surface area contributed by atoms with E-state index in [0.717, 1.165) is 50.5 Å². The molecule has 3 aliphatic rings. The summed E-state index contributed by atoms with van der Waals surface area (Å²) in [5.41, 5.74) is 9.70. The van der Waals surface area contributed by atoms with Crippen LogP contribution in [0.1, 0.15) is 46.7 Å². The zero-order valence-corrected chi connectivity index (χ0v) is 22.3. The molecule has 9 heteroatoms. The quantitative estimate of drug-likeness (QED) is 0.640. The van der Waals surface area contributed by atoms with E-state index in [1.807, 2.05) is 41.8 Å². The molecule has 0 saturated carbocycles. The maximum absolute atomic E-state index is 13.5.